The van der Waals surface area contributed by atoms with Crippen molar-refractivity contribution in [3.05, 3.63) is 54.4 Å². The number of anilines is 2. The molecule has 5 heteroatoms. The zero-order valence-electron chi connectivity index (χ0n) is 11.7. The van der Waals surface area contributed by atoms with E-state index in [9.17, 15) is 4.39 Å². The molecular weight excluding hydrogens is 269 g/mol. The van der Waals surface area contributed by atoms with E-state index in [1.54, 1.807) is 18.5 Å². The molecule has 3 rings (SSSR count). The standard InChI is InChI=1S/C16H16FN3O/c1-2-20(10-11-5-4-8-21-11)16-13(17)9-14(18)12-6-3-7-19-15(12)16/h3-9H,2,10,18H2,1H3. The maximum absolute atomic E-state index is 14.5. The van der Waals surface area contributed by atoms with Crippen molar-refractivity contribution in [2.75, 3.05) is 17.2 Å². The number of aromatic nitrogens is 1. The van der Waals surface area contributed by atoms with E-state index in [0.717, 1.165) is 11.1 Å². The first kappa shape index (κ1) is 13.4. The molecule has 0 unspecified atom stereocenters. The number of halogens is 1. The molecule has 0 aliphatic carbocycles. The maximum Gasteiger partial charge on any atom is 0.150 e. The van der Waals surface area contributed by atoms with Crippen molar-refractivity contribution in [3.8, 4) is 0 Å². The van der Waals surface area contributed by atoms with Crippen LogP contribution >= 0.6 is 0 Å². The van der Waals surface area contributed by atoms with Crippen LogP contribution in [0.4, 0.5) is 15.8 Å². The quantitative estimate of drug-likeness (QED) is 0.744. The fourth-order valence-electron chi connectivity index (χ4n) is 2.46. The minimum Gasteiger partial charge on any atom is -0.467 e. The summed E-state index contributed by atoms with van der Waals surface area (Å²) in [6.07, 6.45) is 3.25. The largest absolute Gasteiger partial charge is 0.467 e. The van der Waals surface area contributed by atoms with Gasteiger partial charge in [-0.3, -0.25) is 4.98 Å². The molecule has 108 valence electrons. The second kappa shape index (κ2) is 5.44. The van der Waals surface area contributed by atoms with Crippen LogP contribution in [-0.4, -0.2) is 11.5 Å². The topological polar surface area (TPSA) is 55.3 Å². The van der Waals surface area contributed by atoms with Crippen LogP contribution in [0.5, 0.6) is 0 Å². The second-order valence-corrected chi connectivity index (χ2v) is 4.79. The molecule has 0 spiro atoms. The van der Waals surface area contributed by atoms with Crippen molar-refractivity contribution < 1.29 is 8.81 Å². The molecule has 0 saturated carbocycles. The Kier molecular flexibility index (Phi) is 3.48. The van der Waals surface area contributed by atoms with Gasteiger partial charge in [-0.2, -0.15) is 0 Å². The fourth-order valence-corrected chi connectivity index (χ4v) is 2.46. The zero-order chi connectivity index (χ0) is 14.8. The van der Waals surface area contributed by atoms with Crippen LogP contribution in [0.1, 0.15) is 12.7 Å². The summed E-state index contributed by atoms with van der Waals surface area (Å²) in [5.74, 6) is 0.407. The molecule has 0 atom stereocenters. The minimum absolute atomic E-state index is 0.368. The van der Waals surface area contributed by atoms with E-state index in [4.69, 9.17) is 10.2 Å². The first-order valence-electron chi connectivity index (χ1n) is 6.80. The Morgan fingerprint density at radius 1 is 1.33 bits per heavy atom. The lowest BCUT2D eigenvalue weighted by atomic mass is 10.1. The van der Waals surface area contributed by atoms with Crippen LogP contribution in [0.25, 0.3) is 10.9 Å². The SMILES string of the molecule is CCN(Cc1ccco1)c1c(F)cc(N)c2cccnc12. The number of hydrogen-bond acceptors (Lipinski definition) is 4. The summed E-state index contributed by atoms with van der Waals surface area (Å²) in [6.45, 7) is 3.08. The van der Waals surface area contributed by atoms with E-state index >= 15 is 0 Å². The Morgan fingerprint density at radius 3 is 2.90 bits per heavy atom. The fraction of sp³-hybridized carbons (Fsp3) is 0.188. The van der Waals surface area contributed by atoms with Crippen LogP contribution in [-0.2, 0) is 6.54 Å². The van der Waals surface area contributed by atoms with Crippen molar-refractivity contribution in [3.63, 3.8) is 0 Å². The number of benzene rings is 1. The summed E-state index contributed by atoms with van der Waals surface area (Å²) < 4.78 is 19.8. The average Bonchev–Trinajstić information content (AvgIpc) is 2.99. The van der Waals surface area contributed by atoms with Gasteiger partial charge in [0, 0.05) is 23.8 Å². The highest BCUT2D eigenvalue weighted by Gasteiger charge is 2.18. The van der Waals surface area contributed by atoms with Gasteiger partial charge >= 0.3 is 0 Å². The van der Waals surface area contributed by atoms with Gasteiger partial charge in [0.25, 0.3) is 0 Å². The third kappa shape index (κ3) is 2.42. The predicted molar refractivity (Wildman–Crippen MR) is 81.5 cm³/mol. The minimum atomic E-state index is -0.368. The van der Waals surface area contributed by atoms with Gasteiger partial charge in [0.15, 0.2) is 5.82 Å². The first-order valence-corrected chi connectivity index (χ1v) is 6.80. The summed E-state index contributed by atoms with van der Waals surface area (Å²) in [4.78, 5) is 6.20. The highest BCUT2D eigenvalue weighted by Crippen LogP contribution is 2.33. The van der Waals surface area contributed by atoms with Crippen LogP contribution < -0.4 is 10.6 Å². The molecule has 0 aliphatic rings. The molecule has 0 aliphatic heterocycles. The lowest BCUT2D eigenvalue weighted by molar-refractivity contribution is 0.501. The summed E-state index contributed by atoms with van der Waals surface area (Å²) in [7, 11) is 0. The molecular formula is C16H16FN3O. The normalized spacial score (nSPS) is 11.0. The molecule has 3 aromatic rings. The van der Waals surface area contributed by atoms with E-state index in [-0.39, 0.29) is 5.82 Å². The molecule has 0 saturated heterocycles. The van der Waals surface area contributed by atoms with E-state index in [2.05, 4.69) is 4.98 Å². The van der Waals surface area contributed by atoms with Gasteiger partial charge in [-0.05, 0) is 37.3 Å². The number of nitrogen functional groups attached to an aromatic ring is 1. The van der Waals surface area contributed by atoms with Gasteiger partial charge in [-0.1, -0.05) is 0 Å². The monoisotopic (exact) mass is 285 g/mol. The summed E-state index contributed by atoms with van der Waals surface area (Å²) in [6, 6.07) is 8.68. The van der Waals surface area contributed by atoms with Crippen molar-refractivity contribution in [2.45, 2.75) is 13.5 Å². The number of nitrogens with two attached hydrogens (primary N) is 1. The first-order chi connectivity index (χ1) is 10.2. The van der Waals surface area contributed by atoms with E-state index < -0.39 is 0 Å². The molecule has 1 aromatic carbocycles. The number of nitrogens with zero attached hydrogens (tertiary/aromatic N) is 2. The third-order valence-corrected chi connectivity index (χ3v) is 3.48. The van der Waals surface area contributed by atoms with Crippen LogP contribution in [0.3, 0.4) is 0 Å². The molecule has 2 aromatic heterocycles. The van der Waals surface area contributed by atoms with Gasteiger partial charge in [0.1, 0.15) is 11.4 Å². The number of pyridine rings is 1. The molecule has 0 bridgehead atoms. The van der Waals surface area contributed by atoms with Gasteiger partial charge in [-0.15, -0.1) is 0 Å². The zero-order valence-corrected chi connectivity index (χ0v) is 11.7. The Bertz CT molecular complexity index is 756. The van der Waals surface area contributed by atoms with E-state index in [1.165, 1.54) is 6.07 Å². The lowest BCUT2D eigenvalue weighted by Crippen LogP contribution is -2.23. The van der Waals surface area contributed by atoms with Gasteiger partial charge in [0.05, 0.1) is 18.3 Å². The number of rotatable bonds is 4. The Labute approximate surface area is 122 Å². The lowest BCUT2D eigenvalue weighted by Gasteiger charge is -2.24. The maximum atomic E-state index is 14.5. The van der Waals surface area contributed by atoms with Crippen molar-refractivity contribution in [2.24, 2.45) is 0 Å². The summed E-state index contributed by atoms with van der Waals surface area (Å²) >= 11 is 0. The summed E-state index contributed by atoms with van der Waals surface area (Å²) in [5, 5.41) is 0.756. The molecule has 0 amide bonds. The predicted octanol–water partition coefficient (Wildman–Crippen LogP) is 3.58. The van der Waals surface area contributed by atoms with Crippen LogP contribution in [0.15, 0.2) is 47.2 Å². The molecule has 0 fully saturated rings. The van der Waals surface area contributed by atoms with Crippen molar-refractivity contribution >= 4 is 22.3 Å². The number of hydrogen-bond donors (Lipinski definition) is 1. The smallest absolute Gasteiger partial charge is 0.150 e. The number of fused-ring (bicyclic) bond motifs is 1. The van der Waals surface area contributed by atoms with Gasteiger partial charge in [0.2, 0.25) is 0 Å². The average molecular weight is 285 g/mol. The molecule has 2 heterocycles. The Hall–Kier alpha value is -2.56. The van der Waals surface area contributed by atoms with E-state index in [1.807, 2.05) is 30.0 Å². The van der Waals surface area contributed by atoms with Crippen molar-refractivity contribution in [1.82, 2.24) is 4.98 Å². The van der Waals surface area contributed by atoms with Crippen LogP contribution in [0.2, 0.25) is 0 Å². The van der Waals surface area contributed by atoms with Gasteiger partial charge in [-0.25, -0.2) is 4.39 Å². The van der Waals surface area contributed by atoms with Crippen LogP contribution in [0, 0.1) is 5.82 Å². The molecule has 4 nitrogen and oxygen atoms in total. The molecule has 2 N–H and O–H groups in total. The number of furan rings is 1. The molecule has 0 radical (unpaired) electrons. The second-order valence-electron chi connectivity index (χ2n) is 4.79. The Morgan fingerprint density at radius 2 is 2.19 bits per heavy atom. The van der Waals surface area contributed by atoms with Crippen molar-refractivity contribution in [1.29, 1.82) is 0 Å². The highest BCUT2D eigenvalue weighted by molar-refractivity contribution is 5.98. The van der Waals surface area contributed by atoms with Gasteiger partial charge < -0.3 is 15.1 Å². The third-order valence-electron chi connectivity index (χ3n) is 3.48. The van der Waals surface area contributed by atoms with E-state index in [0.29, 0.717) is 30.0 Å². The Balaban J connectivity index is 2.13. The highest BCUT2D eigenvalue weighted by atomic mass is 19.1. The summed E-state index contributed by atoms with van der Waals surface area (Å²) in [5.41, 5.74) is 7.31. The molecule has 21 heavy (non-hydrogen) atoms.